The van der Waals surface area contributed by atoms with Gasteiger partial charge in [-0.05, 0) is 35.6 Å². The third kappa shape index (κ3) is 8.38. The summed E-state index contributed by atoms with van der Waals surface area (Å²) in [5, 5.41) is 14.6. The summed E-state index contributed by atoms with van der Waals surface area (Å²) in [6, 6.07) is 13.6. The summed E-state index contributed by atoms with van der Waals surface area (Å²) in [5.41, 5.74) is 7.01. The molecule has 0 aromatic heterocycles. The van der Waals surface area contributed by atoms with Crippen LogP contribution in [0.4, 0.5) is 4.79 Å². The molecule has 0 radical (unpaired) electrons. The number of rotatable bonds is 10. The second-order valence-corrected chi connectivity index (χ2v) is 7.72. The van der Waals surface area contributed by atoms with E-state index >= 15 is 0 Å². The van der Waals surface area contributed by atoms with Crippen molar-refractivity contribution >= 4 is 17.9 Å². The Labute approximate surface area is 181 Å². The smallest absolute Gasteiger partial charge is 0.408 e. The Hall–Kier alpha value is -3.55. The van der Waals surface area contributed by atoms with Crippen molar-refractivity contribution in [3.8, 4) is 5.75 Å². The Morgan fingerprint density at radius 1 is 0.935 bits per heavy atom. The van der Waals surface area contributed by atoms with E-state index in [1.807, 2.05) is 44.2 Å². The van der Waals surface area contributed by atoms with Gasteiger partial charge in [-0.15, -0.1) is 0 Å². The van der Waals surface area contributed by atoms with Crippen molar-refractivity contribution in [3.63, 3.8) is 0 Å². The lowest BCUT2D eigenvalue weighted by molar-refractivity contribution is -0.128. The summed E-state index contributed by atoms with van der Waals surface area (Å²) in [6.45, 7) is 3.91. The zero-order valence-electron chi connectivity index (χ0n) is 17.7. The summed E-state index contributed by atoms with van der Waals surface area (Å²) in [4.78, 5) is 36.9. The highest BCUT2D eigenvalue weighted by atomic mass is 16.5. The zero-order valence-corrected chi connectivity index (χ0v) is 17.7. The minimum absolute atomic E-state index is 0.0768. The first kappa shape index (κ1) is 23.7. The van der Waals surface area contributed by atoms with Gasteiger partial charge in [0.25, 0.3) is 0 Å². The van der Waals surface area contributed by atoms with Gasteiger partial charge in [0.15, 0.2) is 0 Å². The van der Waals surface area contributed by atoms with Gasteiger partial charge in [0.05, 0.1) is 0 Å². The molecular weight excluding hydrogens is 398 g/mol. The number of primary amides is 1. The second kappa shape index (κ2) is 11.6. The predicted octanol–water partition coefficient (Wildman–Crippen LogP) is 2.25. The van der Waals surface area contributed by atoms with Gasteiger partial charge in [-0.1, -0.05) is 56.3 Å². The molecule has 31 heavy (non-hydrogen) atoms. The summed E-state index contributed by atoms with van der Waals surface area (Å²) in [5.74, 6) is -1.02. The fourth-order valence-electron chi connectivity index (χ4n) is 2.97. The summed E-state index contributed by atoms with van der Waals surface area (Å²) >= 11 is 0. The van der Waals surface area contributed by atoms with Crippen molar-refractivity contribution in [2.45, 2.75) is 45.4 Å². The van der Waals surface area contributed by atoms with Crippen LogP contribution in [0.2, 0.25) is 0 Å². The standard InChI is InChI=1S/C23H29N3O5/c1-15(2)12-20(26-23(30)31-14-17-6-4-3-5-7-17)22(29)25-19(21(24)28)13-16-8-10-18(27)11-9-16/h3-11,15,19-20,27H,12-14H2,1-2H3,(H2,24,28)(H,25,29)(H,26,30)/t19-,20-/m0/s1. The van der Waals surface area contributed by atoms with Crippen LogP contribution in [-0.4, -0.2) is 35.1 Å². The molecule has 0 aliphatic rings. The molecule has 0 spiro atoms. The largest absolute Gasteiger partial charge is 0.508 e. The van der Waals surface area contributed by atoms with Gasteiger partial charge in [-0.3, -0.25) is 9.59 Å². The van der Waals surface area contributed by atoms with Crippen molar-refractivity contribution in [1.82, 2.24) is 10.6 Å². The van der Waals surface area contributed by atoms with Crippen LogP contribution in [0.15, 0.2) is 54.6 Å². The van der Waals surface area contributed by atoms with Gasteiger partial charge in [0.2, 0.25) is 11.8 Å². The van der Waals surface area contributed by atoms with E-state index < -0.39 is 30.0 Å². The normalized spacial score (nSPS) is 12.6. The lowest BCUT2D eigenvalue weighted by Gasteiger charge is -2.23. The van der Waals surface area contributed by atoms with Crippen molar-refractivity contribution in [2.75, 3.05) is 0 Å². The molecule has 8 heteroatoms. The summed E-state index contributed by atoms with van der Waals surface area (Å²) in [7, 11) is 0. The fraction of sp³-hybridized carbons (Fsp3) is 0.348. The van der Waals surface area contributed by atoms with Crippen LogP contribution in [0, 0.1) is 5.92 Å². The maximum atomic E-state index is 12.8. The quantitative estimate of drug-likeness (QED) is 0.462. The Morgan fingerprint density at radius 3 is 2.16 bits per heavy atom. The van der Waals surface area contributed by atoms with E-state index in [1.54, 1.807) is 12.1 Å². The highest BCUT2D eigenvalue weighted by Crippen LogP contribution is 2.12. The lowest BCUT2D eigenvalue weighted by Crippen LogP contribution is -2.54. The van der Waals surface area contributed by atoms with E-state index in [1.165, 1.54) is 12.1 Å². The number of hydrogen-bond acceptors (Lipinski definition) is 5. The van der Waals surface area contributed by atoms with Crippen molar-refractivity contribution in [3.05, 3.63) is 65.7 Å². The molecule has 3 amide bonds. The number of carbonyl (C=O) groups is 3. The van der Waals surface area contributed by atoms with E-state index in [0.717, 1.165) is 11.1 Å². The number of alkyl carbamates (subject to hydrolysis) is 1. The third-order valence-corrected chi connectivity index (χ3v) is 4.56. The second-order valence-electron chi connectivity index (χ2n) is 7.72. The first-order chi connectivity index (χ1) is 14.7. The topological polar surface area (TPSA) is 131 Å². The number of aromatic hydroxyl groups is 1. The van der Waals surface area contributed by atoms with Crippen LogP contribution >= 0.6 is 0 Å². The molecule has 0 saturated carbocycles. The summed E-state index contributed by atoms with van der Waals surface area (Å²) < 4.78 is 5.20. The third-order valence-electron chi connectivity index (χ3n) is 4.56. The molecule has 0 heterocycles. The minimum Gasteiger partial charge on any atom is -0.508 e. The molecule has 0 fully saturated rings. The van der Waals surface area contributed by atoms with Crippen LogP contribution < -0.4 is 16.4 Å². The maximum absolute atomic E-state index is 12.8. The van der Waals surface area contributed by atoms with Crippen LogP contribution in [0.5, 0.6) is 5.75 Å². The first-order valence-electron chi connectivity index (χ1n) is 10.1. The maximum Gasteiger partial charge on any atom is 0.408 e. The highest BCUT2D eigenvalue weighted by Gasteiger charge is 2.27. The predicted molar refractivity (Wildman–Crippen MR) is 116 cm³/mol. The van der Waals surface area contributed by atoms with Gasteiger partial charge < -0.3 is 26.2 Å². The number of ether oxygens (including phenoxy) is 1. The van der Waals surface area contributed by atoms with Crippen LogP contribution in [0.25, 0.3) is 0 Å². The van der Waals surface area contributed by atoms with E-state index in [2.05, 4.69) is 10.6 Å². The van der Waals surface area contributed by atoms with Crippen molar-refractivity contribution < 1.29 is 24.2 Å². The fourth-order valence-corrected chi connectivity index (χ4v) is 2.97. The minimum atomic E-state index is -0.964. The molecular formula is C23H29N3O5. The lowest BCUT2D eigenvalue weighted by atomic mass is 10.0. The Bertz CT molecular complexity index is 869. The average Bonchev–Trinajstić information content (AvgIpc) is 2.73. The van der Waals surface area contributed by atoms with Gasteiger partial charge in [-0.2, -0.15) is 0 Å². The number of carbonyl (C=O) groups excluding carboxylic acids is 3. The van der Waals surface area contributed by atoms with Crippen LogP contribution in [0.1, 0.15) is 31.4 Å². The van der Waals surface area contributed by atoms with E-state index in [9.17, 15) is 19.5 Å². The molecule has 2 atom stereocenters. The average molecular weight is 428 g/mol. The number of phenols is 1. The molecule has 166 valence electrons. The molecule has 5 N–H and O–H groups in total. The molecule has 2 aromatic rings. The SMILES string of the molecule is CC(C)C[C@H](NC(=O)OCc1ccccc1)C(=O)N[C@@H](Cc1ccc(O)cc1)C(N)=O. The molecule has 0 aliphatic heterocycles. The molecule has 0 saturated heterocycles. The Balaban J connectivity index is 1.99. The van der Waals surface area contributed by atoms with Gasteiger partial charge in [0.1, 0.15) is 24.4 Å². The molecule has 2 rings (SSSR count). The van der Waals surface area contributed by atoms with E-state index in [4.69, 9.17) is 10.5 Å². The van der Waals surface area contributed by atoms with E-state index in [-0.39, 0.29) is 24.7 Å². The molecule has 0 unspecified atom stereocenters. The molecule has 2 aromatic carbocycles. The van der Waals surface area contributed by atoms with Gasteiger partial charge >= 0.3 is 6.09 Å². The molecule has 0 aliphatic carbocycles. The number of nitrogens with one attached hydrogen (secondary N) is 2. The number of amides is 3. The van der Waals surface area contributed by atoms with Crippen molar-refractivity contribution in [2.24, 2.45) is 11.7 Å². The number of hydrogen-bond donors (Lipinski definition) is 4. The van der Waals surface area contributed by atoms with Crippen LogP contribution in [-0.2, 0) is 27.4 Å². The van der Waals surface area contributed by atoms with Gasteiger partial charge in [0, 0.05) is 6.42 Å². The van der Waals surface area contributed by atoms with Crippen LogP contribution in [0.3, 0.4) is 0 Å². The summed E-state index contributed by atoms with van der Waals surface area (Å²) in [6.07, 6.45) is -0.204. The number of benzene rings is 2. The molecule has 0 bridgehead atoms. The van der Waals surface area contributed by atoms with Gasteiger partial charge in [-0.25, -0.2) is 4.79 Å². The van der Waals surface area contributed by atoms with E-state index in [0.29, 0.717) is 6.42 Å². The Morgan fingerprint density at radius 2 is 1.58 bits per heavy atom. The Kier molecular flexibility index (Phi) is 8.87. The number of phenolic OH excluding ortho intramolecular Hbond substituents is 1. The zero-order chi connectivity index (χ0) is 22.8. The highest BCUT2D eigenvalue weighted by molar-refractivity contribution is 5.90. The van der Waals surface area contributed by atoms with Crippen molar-refractivity contribution in [1.29, 1.82) is 0 Å². The number of nitrogens with two attached hydrogens (primary N) is 1. The first-order valence-corrected chi connectivity index (χ1v) is 10.1. The molecule has 8 nitrogen and oxygen atoms in total. The monoisotopic (exact) mass is 427 g/mol.